The maximum absolute atomic E-state index is 13.3. The second kappa shape index (κ2) is 12.0. The quantitative estimate of drug-likeness (QED) is 0.403. The van der Waals surface area contributed by atoms with E-state index in [1.807, 2.05) is 60.7 Å². The molecule has 4 rings (SSSR count). The number of alkyl carbamates (subject to hydrolysis) is 1. The van der Waals surface area contributed by atoms with Gasteiger partial charge in [0.05, 0.1) is 18.7 Å². The largest absolute Gasteiger partial charge is 0.465 e. The zero-order chi connectivity index (χ0) is 26.2. The van der Waals surface area contributed by atoms with E-state index in [0.717, 1.165) is 11.1 Å². The molecule has 0 bridgehead atoms. The van der Waals surface area contributed by atoms with Crippen LogP contribution in [0.5, 0.6) is 5.75 Å². The number of carbonyl (C=O) groups excluding carboxylic acids is 3. The van der Waals surface area contributed by atoms with Crippen LogP contribution >= 0.6 is 0 Å². The van der Waals surface area contributed by atoms with Crippen molar-refractivity contribution in [3.63, 3.8) is 0 Å². The van der Waals surface area contributed by atoms with Crippen LogP contribution in [0.2, 0.25) is 0 Å². The Labute approximate surface area is 214 Å². The summed E-state index contributed by atoms with van der Waals surface area (Å²) in [4.78, 5) is 37.7. The van der Waals surface area contributed by atoms with Crippen LogP contribution in [-0.2, 0) is 33.7 Å². The molecule has 0 spiro atoms. The molecule has 9 heteroatoms. The average molecular weight is 505 g/mol. The number of ether oxygens (including phenoxy) is 3. The molecule has 1 heterocycles. The third kappa shape index (κ3) is 6.86. The molecule has 0 aromatic heterocycles. The highest BCUT2D eigenvalue weighted by Gasteiger charge is 2.33. The van der Waals surface area contributed by atoms with E-state index in [1.165, 1.54) is 13.2 Å². The van der Waals surface area contributed by atoms with Gasteiger partial charge in [-0.3, -0.25) is 4.79 Å². The van der Waals surface area contributed by atoms with Crippen molar-refractivity contribution in [3.05, 3.63) is 101 Å². The summed E-state index contributed by atoms with van der Waals surface area (Å²) in [5, 5.41) is 15.9. The van der Waals surface area contributed by atoms with Gasteiger partial charge >= 0.3 is 12.1 Å². The number of methoxy groups -OCH3 is 1. The molecule has 3 N–H and O–H groups in total. The van der Waals surface area contributed by atoms with Crippen molar-refractivity contribution in [2.45, 2.75) is 37.8 Å². The molecule has 0 radical (unpaired) electrons. The fraction of sp³-hybridized carbons (Fsp3) is 0.250. The summed E-state index contributed by atoms with van der Waals surface area (Å²) in [6.45, 7) is 0.0564. The minimum absolute atomic E-state index is 0.0564. The van der Waals surface area contributed by atoms with Gasteiger partial charge in [-0.05, 0) is 34.9 Å². The molecule has 3 aromatic rings. The molecule has 0 aliphatic carbocycles. The van der Waals surface area contributed by atoms with E-state index < -0.39 is 36.3 Å². The van der Waals surface area contributed by atoms with Gasteiger partial charge < -0.3 is 30.0 Å². The fourth-order valence-corrected chi connectivity index (χ4v) is 4.02. The zero-order valence-corrected chi connectivity index (χ0v) is 20.3. The van der Waals surface area contributed by atoms with E-state index >= 15 is 0 Å². The molecular formula is C28H28N2O7. The number of nitrogens with one attached hydrogen (secondary N) is 2. The van der Waals surface area contributed by atoms with Gasteiger partial charge in [0.2, 0.25) is 12.2 Å². The van der Waals surface area contributed by atoms with E-state index in [-0.39, 0.29) is 19.4 Å². The summed E-state index contributed by atoms with van der Waals surface area (Å²) < 4.78 is 15.6. The van der Waals surface area contributed by atoms with Gasteiger partial charge in [-0.15, -0.1) is 0 Å². The van der Waals surface area contributed by atoms with Crippen LogP contribution in [0, 0.1) is 0 Å². The first-order valence-corrected chi connectivity index (χ1v) is 11.8. The van der Waals surface area contributed by atoms with E-state index in [1.54, 1.807) is 12.1 Å². The van der Waals surface area contributed by atoms with Crippen molar-refractivity contribution < 1.29 is 33.7 Å². The number of esters is 1. The Hall–Kier alpha value is -4.37. The van der Waals surface area contributed by atoms with Gasteiger partial charge in [0, 0.05) is 12.8 Å². The summed E-state index contributed by atoms with van der Waals surface area (Å²) in [5.41, 5.74) is 2.61. The Kier molecular flexibility index (Phi) is 8.37. The fourth-order valence-electron chi connectivity index (χ4n) is 4.02. The smallest absolute Gasteiger partial charge is 0.408 e. The first-order chi connectivity index (χ1) is 17.9. The average Bonchev–Trinajstić information content (AvgIpc) is 2.92. The SMILES string of the molecule is COC(=O)c1ccc2c(c1)C[C@H](NC(=O)[C@H](Cc1ccccc1)NC(=O)OCc1ccccc1)C(O)O2. The lowest BCUT2D eigenvalue weighted by atomic mass is 9.98. The molecule has 3 atom stereocenters. The van der Waals surface area contributed by atoms with Crippen molar-refractivity contribution in [1.82, 2.24) is 10.6 Å². The Bertz CT molecular complexity index is 1230. The van der Waals surface area contributed by atoms with Gasteiger partial charge in [0.1, 0.15) is 18.4 Å². The molecule has 0 saturated heterocycles. The Morgan fingerprint density at radius 1 is 1.00 bits per heavy atom. The molecule has 0 saturated carbocycles. The standard InChI is InChI=1S/C28H28N2O7/c1-35-26(32)20-12-13-24-21(15-20)16-23(27(33)37-24)29-25(31)22(14-18-8-4-2-5-9-18)30-28(34)36-17-19-10-6-3-7-11-19/h2-13,15,22-23,27,33H,14,16-17H2,1H3,(H,29,31)(H,30,34)/t22-,23-,27?/m0/s1. The molecule has 192 valence electrons. The maximum atomic E-state index is 13.3. The predicted molar refractivity (Wildman–Crippen MR) is 134 cm³/mol. The predicted octanol–water partition coefficient (Wildman–Crippen LogP) is 2.75. The summed E-state index contributed by atoms with van der Waals surface area (Å²) >= 11 is 0. The highest BCUT2D eigenvalue weighted by molar-refractivity contribution is 5.90. The van der Waals surface area contributed by atoms with E-state index in [9.17, 15) is 19.5 Å². The second-order valence-corrected chi connectivity index (χ2v) is 8.59. The molecule has 37 heavy (non-hydrogen) atoms. The second-order valence-electron chi connectivity index (χ2n) is 8.59. The third-order valence-electron chi connectivity index (χ3n) is 5.94. The summed E-state index contributed by atoms with van der Waals surface area (Å²) in [6, 6.07) is 21.4. The highest BCUT2D eigenvalue weighted by Crippen LogP contribution is 2.28. The first-order valence-electron chi connectivity index (χ1n) is 11.8. The van der Waals surface area contributed by atoms with E-state index in [0.29, 0.717) is 16.9 Å². The monoisotopic (exact) mass is 504 g/mol. The van der Waals surface area contributed by atoms with Crippen molar-refractivity contribution in [1.29, 1.82) is 0 Å². The zero-order valence-electron chi connectivity index (χ0n) is 20.3. The number of hydrogen-bond acceptors (Lipinski definition) is 7. The molecule has 3 aromatic carbocycles. The normalized spacial score (nSPS) is 16.9. The van der Waals surface area contributed by atoms with Crippen LogP contribution in [0.4, 0.5) is 4.79 Å². The van der Waals surface area contributed by atoms with Crippen LogP contribution in [0.15, 0.2) is 78.9 Å². The molecule has 1 aliphatic rings. The van der Waals surface area contributed by atoms with Crippen molar-refractivity contribution in [2.24, 2.45) is 0 Å². The minimum atomic E-state index is -1.32. The van der Waals surface area contributed by atoms with Gasteiger partial charge in [0.25, 0.3) is 0 Å². The number of aliphatic hydroxyl groups is 1. The van der Waals surface area contributed by atoms with Crippen LogP contribution < -0.4 is 15.4 Å². The Morgan fingerprint density at radius 3 is 2.35 bits per heavy atom. The Morgan fingerprint density at radius 2 is 1.68 bits per heavy atom. The van der Waals surface area contributed by atoms with Gasteiger partial charge in [-0.2, -0.15) is 0 Å². The third-order valence-corrected chi connectivity index (χ3v) is 5.94. The molecule has 0 fully saturated rings. The first kappa shape index (κ1) is 25.7. The summed E-state index contributed by atoms with van der Waals surface area (Å²) in [7, 11) is 1.29. The van der Waals surface area contributed by atoms with Crippen LogP contribution in [0.25, 0.3) is 0 Å². The van der Waals surface area contributed by atoms with Crippen molar-refractivity contribution >= 4 is 18.0 Å². The molecule has 9 nitrogen and oxygen atoms in total. The Balaban J connectivity index is 1.45. The van der Waals surface area contributed by atoms with E-state index in [2.05, 4.69) is 10.6 Å². The molecular weight excluding hydrogens is 476 g/mol. The molecule has 2 amide bonds. The molecule has 1 unspecified atom stereocenters. The number of amides is 2. The highest BCUT2D eigenvalue weighted by atomic mass is 16.6. The van der Waals surface area contributed by atoms with Gasteiger partial charge in [-0.1, -0.05) is 60.7 Å². The number of hydrogen-bond donors (Lipinski definition) is 3. The number of aliphatic hydroxyl groups excluding tert-OH is 1. The molecule has 1 aliphatic heterocycles. The number of rotatable bonds is 8. The van der Waals surface area contributed by atoms with Gasteiger partial charge in [-0.25, -0.2) is 9.59 Å². The lowest BCUT2D eigenvalue weighted by Crippen LogP contribution is -2.56. The van der Waals surface area contributed by atoms with E-state index in [4.69, 9.17) is 14.2 Å². The van der Waals surface area contributed by atoms with Crippen LogP contribution in [0.3, 0.4) is 0 Å². The minimum Gasteiger partial charge on any atom is -0.465 e. The number of fused-ring (bicyclic) bond motifs is 1. The lowest BCUT2D eigenvalue weighted by Gasteiger charge is -2.32. The van der Waals surface area contributed by atoms with Crippen LogP contribution in [0.1, 0.15) is 27.0 Å². The number of carbonyl (C=O) groups is 3. The summed E-state index contributed by atoms with van der Waals surface area (Å²) in [6.07, 6.45) is -1.64. The van der Waals surface area contributed by atoms with Crippen molar-refractivity contribution in [3.8, 4) is 5.75 Å². The lowest BCUT2D eigenvalue weighted by molar-refractivity contribution is -0.128. The van der Waals surface area contributed by atoms with Crippen molar-refractivity contribution in [2.75, 3.05) is 7.11 Å². The maximum Gasteiger partial charge on any atom is 0.408 e. The van der Waals surface area contributed by atoms with Gasteiger partial charge in [0.15, 0.2) is 0 Å². The topological polar surface area (TPSA) is 123 Å². The van der Waals surface area contributed by atoms with Crippen LogP contribution in [-0.4, -0.2) is 48.6 Å². The summed E-state index contributed by atoms with van der Waals surface area (Å²) in [5.74, 6) is -0.606. The number of benzene rings is 3.